The third-order valence-electron chi connectivity index (χ3n) is 4.67. The maximum absolute atomic E-state index is 12.2. The summed E-state index contributed by atoms with van der Waals surface area (Å²) in [5.41, 5.74) is 1.26. The zero-order chi connectivity index (χ0) is 18.7. The molecule has 2 heterocycles. The minimum Gasteiger partial charge on any atom is -0.355 e. The second-order valence-corrected chi connectivity index (χ2v) is 10.6. The quantitative estimate of drug-likeness (QED) is 0.381. The van der Waals surface area contributed by atoms with Crippen LogP contribution in [-0.2, 0) is 23.3 Å². The first-order chi connectivity index (χ1) is 11.6. The second kappa shape index (κ2) is 9.38. The second-order valence-electron chi connectivity index (χ2n) is 7.73. The van der Waals surface area contributed by atoms with Crippen LogP contribution in [0.4, 0.5) is 0 Å². The number of rotatable bonds is 5. The van der Waals surface area contributed by atoms with Crippen LogP contribution in [0.5, 0.6) is 0 Å². The fourth-order valence-electron chi connectivity index (χ4n) is 3.04. The molecule has 0 spiro atoms. The van der Waals surface area contributed by atoms with Gasteiger partial charge < -0.3 is 10.2 Å². The number of guanidine groups is 1. The summed E-state index contributed by atoms with van der Waals surface area (Å²) in [6.45, 7) is 7.47. The lowest BCUT2D eigenvalue weighted by Crippen LogP contribution is -2.43. The molecule has 1 unspecified atom stereocenters. The minimum absolute atomic E-state index is 0. The summed E-state index contributed by atoms with van der Waals surface area (Å²) < 4.78 is 25.5. The molecule has 0 aliphatic carbocycles. The molecule has 150 valence electrons. The summed E-state index contributed by atoms with van der Waals surface area (Å²) in [5.74, 6) is 1.47. The molecule has 1 aromatic heterocycles. The number of aliphatic imine (C=N–C) groups is 1. The first-order valence-electron chi connectivity index (χ1n) is 8.78. The Morgan fingerprint density at radius 3 is 2.65 bits per heavy atom. The molecule has 2 rings (SSSR count). The fraction of sp³-hybridized carbons (Fsp3) is 0.765. The average Bonchev–Trinajstić information content (AvgIpc) is 3.12. The van der Waals surface area contributed by atoms with Crippen molar-refractivity contribution in [3.05, 3.63) is 18.0 Å². The van der Waals surface area contributed by atoms with Gasteiger partial charge in [-0.15, -0.1) is 24.0 Å². The Labute approximate surface area is 174 Å². The summed E-state index contributed by atoms with van der Waals surface area (Å²) >= 11 is 0. The van der Waals surface area contributed by atoms with Gasteiger partial charge in [-0.05, 0) is 45.1 Å². The smallest absolute Gasteiger partial charge is 0.193 e. The topological polar surface area (TPSA) is 79.6 Å². The Balaban J connectivity index is 0.00000338. The van der Waals surface area contributed by atoms with Crippen molar-refractivity contribution in [1.82, 2.24) is 20.0 Å². The molecule has 1 aliphatic rings. The monoisotopic (exact) mass is 497 g/mol. The predicted octanol–water partition coefficient (Wildman–Crippen LogP) is 1.69. The van der Waals surface area contributed by atoms with Crippen molar-refractivity contribution < 1.29 is 8.42 Å². The van der Waals surface area contributed by atoms with E-state index in [0.29, 0.717) is 12.5 Å². The highest BCUT2D eigenvalue weighted by Crippen LogP contribution is 2.21. The highest BCUT2D eigenvalue weighted by Gasteiger charge is 2.29. The van der Waals surface area contributed by atoms with E-state index >= 15 is 0 Å². The summed E-state index contributed by atoms with van der Waals surface area (Å²) in [6, 6.07) is 0. The Hall–Kier alpha value is -0.840. The fourth-order valence-corrected chi connectivity index (χ4v) is 4.02. The number of nitrogens with one attached hydrogen (secondary N) is 1. The van der Waals surface area contributed by atoms with Crippen molar-refractivity contribution in [2.75, 3.05) is 32.4 Å². The SMILES string of the molecule is CN=C(NCCS(=O)(=O)C(C)(C)C)N1CCC(Cc2cnn(C)c2)C1.I. The highest BCUT2D eigenvalue weighted by molar-refractivity contribution is 14.0. The minimum atomic E-state index is -3.12. The Morgan fingerprint density at radius 2 is 2.12 bits per heavy atom. The summed E-state index contributed by atoms with van der Waals surface area (Å²) in [4.78, 5) is 6.53. The zero-order valence-corrected chi connectivity index (χ0v) is 19.5. The van der Waals surface area contributed by atoms with Gasteiger partial charge in [-0.2, -0.15) is 5.10 Å². The van der Waals surface area contributed by atoms with E-state index in [1.807, 2.05) is 17.9 Å². The van der Waals surface area contributed by atoms with Gasteiger partial charge in [0.1, 0.15) is 0 Å². The van der Waals surface area contributed by atoms with Crippen molar-refractivity contribution in [1.29, 1.82) is 0 Å². The number of likely N-dealkylation sites (tertiary alicyclic amines) is 1. The lowest BCUT2D eigenvalue weighted by Gasteiger charge is -2.23. The molecule has 26 heavy (non-hydrogen) atoms. The number of nitrogens with zero attached hydrogens (tertiary/aromatic N) is 4. The van der Waals surface area contributed by atoms with Crippen LogP contribution in [-0.4, -0.2) is 66.2 Å². The number of hydrogen-bond donors (Lipinski definition) is 1. The van der Waals surface area contributed by atoms with Crippen LogP contribution in [0.15, 0.2) is 17.4 Å². The van der Waals surface area contributed by atoms with Crippen LogP contribution in [0.3, 0.4) is 0 Å². The van der Waals surface area contributed by atoms with Crippen LogP contribution in [0.25, 0.3) is 0 Å². The molecule has 1 N–H and O–H groups in total. The molecule has 7 nitrogen and oxygen atoms in total. The van der Waals surface area contributed by atoms with Crippen molar-refractivity contribution in [3.63, 3.8) is 0 Å². The Kier molecular flexibility index (Phi) is 8.37. The van der Waals surface area contributed by atoms with Gasteiger partial charge >= 0.3 is 0 Å². The van der Waals surface area contributed by atoms with E-state index in [1.54, 1.807) is 27.8 Å². The van der Waals surface area contributed by atoms with Crippen LogP contribution < -0.4 is 5.32 Å². The Bertz CT molecular complexity index is 709. The first-order valence-corrected chi connectivity index (χ1v) is 10.4. The van der Waals surface area contributed by atoms with Crippen molar-refractivity contribution in [2.24, 2.45) is 18.0 Å². The summed E-state index contributed by atoms with van der Waals surface area (Å²) in [5, 5.41) is 7.43. The van der Waals surface area contributed by atoms with Gasteiger partial charge in [0.05, 0.1) is 16.7 Å². The van der Waals surface area contributed by atoms with Gasteiger partial charge in [-0.1, -0.05) is 0 Å². The van der Waals surface area contributed by atoms with E-state index in [9.17, 15) is 8.42 Å². The van der Waals surface area contributed by atoms with Crippen molar-refractivity contribution >= 4 is 39.8 Å². The molecule has 0 saturated carbocycles. The van der Waals surface area contributed by atoms with Crippen LogP contribution in [0.2, 0.25) is 0 Å². The number of aromatic nitrogens is 2. The number of hydrogen-bond acceptors (Lipinski definition) is 4. The summed E-state index contributed by atoms with van der Waals surface area (Å²) in [7, 11) is 0.558. The van der Waals surface area contributed by atoms with Gasteiger partial charge in [0.2, 0.25) is 0 Å². The molecule has 1 saturated heterocycles. The van der Waals surface area contributed by atoms with Crippen molar-refractivity contribution in [3.8, 4) is 0 Å². The van der Waals surface area contributed by atoms with Gasteiger partial charge in [-0.25, -0.2) is 8.42 Å². The van der Waals surface area contributed by atoms with E-state index in [2.05, 4.69) is 26.5 Å². The molecule has 1 atom stereocenters. The largest absolute Gasteiger partial charge is 0.355 e. The van der Waals surface area contributed by atoms with Crippen LogP contribution in [0, 0.1) is 5.92 Å². The number of sulfone groups is 1. The first kappa shape index (κ1) is 23.2. The molecule has 0 aromatic carbocycles. The summed E-state index contributed by atoms with van der Waals surface area (Å²) in [6.07, 6.45) is 6.11. The zero-order valence-electron chi connectivity index (χ0n) is 16.4. The maximum Gasteiger partial charge on any atom is 0.193 e. The molecule has 1 aromatic rings. The predicted molar refractivity (Wildman–Crippen MR) is 117 cm³/mol. The molecule has 0 bridgehead atoms. The maximum atomic E-state index is 12.2. The third kappa shape index (κ3) is 6.11. The molecular weight excluding hydrogens is 465 g/mol. The average molecular weight is 497 g/mol. The van der Waals surface area contributed by atoms with Crippen molar-refractivity contribution in [2.45, 2.75) is 38.4 Å². The van der Waals surface area contributed by atoms with Gasteiger partial charge in [0, 0.05) is 39.9 Å². The highest BCUT2D eigenvalue weighted by atomic mass is 127. The van der Waals surface area contributed by atoms with Gasteiger partial charge in [0.15, 0.2) is 15.8 Å². The lowest BCUT2D eigenvalue weighted by atomic mass is 10.0. The van der Waals surface area contributed by atoms with Crippen LogP contribution in [0.1, 0.15) is 32.8 Å². The molecule has 0 radical (unpaired) electrons. The lowest BCUT2D eigenvalue weighted by molar-refractivity contribution is 0.461. The Morgan fingerprint density at radius 1 is 1.42 bits per heavy atom. The van der Waals surface area contributed by atoms with E-state index in [4.69, 9.17) is 0 Å². The van der Waals surface area contributed by atoms with E-state index in [-0.39, 0.29) is 29.7 Å². The molecule has 1 fully saturated rings. The standard InChI is InChI=1S/C17H31N5O2S.HI/c1-17(2,3)25(23,24)9-7-19-16(18-4)22-8-6-14(13-22)10-15-11-20-21(5)12-15;/h11-12,14H,6-10,13H2,1-5H3,(H,18,19);1H. The normalized spacial score (nSPS) is 18.7. The van der Waals surface area contributed by atoms with E-state index in [0.717, 1.165) is 31.9 Å². The molecular formula is C17H32IN5O2S. The molecule has 0 amide bonds. The molecule has 1 aliphatic heterocycles. The third-order valence-corrected chi connectivity index (χ3v) is 7.27. The van der Waals surface area contributed by atoms with E-state index in [1.165, 1.54) is 5.56 Å². The van der Waals surface area contributed by atoms with E-state index < -0.39 is 14.6 Å². The number of aryl methyl sites for hydroxylation is 1. The molecule has 9 heteroatoms. The number of halogens is 1. The van der Waals surface area contributed by atoms with Gasteiger partial charge in [-0.3, -0.25) is 9.67 Å². The van der Waals surface area contributed by atoms with Gasteiger partial charge in [0.25, 0.3) is 0 Å². The van der Waals surface area contributed by atoms with Crippen LogP contribution >= 0.6 is 24.0 Å².